The number of benzene rings is 2. The Morgan fingerprint density at radius 1 is 1.15 bits per heavy atom. The number of nitrogens with one attached hydrogen (secondary N) is 1. The number of halogens is 1. The number of hydrogen-bond donors (Lipinski definition) is 1. The summed E-state index contributed by atoms with van der Waals surface area (Å²) in [6.45, 7) is 0.963. The Hall–Kier alpha value is -2.35. The number of carbonyl (C=O) groups excluding carboxylic acids is 1. The fraction of sp³-hybridized carbons (Fsp3) is 0.211. The number of methoxy groups -OCH3 is 1. The van der Waals surface area contributed by atoms with E-state index in [1.165, 1.54) is 11.8 Å². The minimum absolute atomic E-state index is 0.0797. The molecule has 0 unspecified atom stereocenters. The van der Waals surface area contributed by atoms with Crippen LogP contribution in [0.5, 0.6) is 0 Å². The van der Waals surface area contributed by atoms with Gasteiger partial charge in [-0.15, -0.1) is 10.2 Å². The van der Waals surface area contributed by atoms with Crippen LogP contribution in [0.1, 0.15) is 0 Å². The zero-order chi connectivity index (χ0) is 19.1. The van der Waals surface area contributed by atoms with Crippen molar-refractivity contribution < 1.29 is 9.53 Å². The first-order valence-corrected chi connectivity index (χ1v) is 9.70. The van der Waals surface area contributed by atoms with Crippen molar-refractivity contribution in [2.45, 2.75) is 5.16 Å². The fourth-order valence-electron chi connectivity index (χ4n) is 2.43. The van der Waals surface area contributed by atoms with Gasteiger partial charge in [0.05, 0.1) is 12.4 Å². The largest absolute Gasteiger partial charge is 0.383 e. The molecule has 8 heteroatoms. The standard InChI is InChI=1S/C19H19ClN4O2S/c1-26-12-11-21-17(25)13-27-19-23-22-18(14-5-3-2-4-6-14)24(19)16-9-7-15(20)8-10-16/h2-10H,11-13H2,1H3,(H,21,25). The zero-order valence-electron chi connectivity index (χ0n) is 14.8. The fourth-order valence-corrected chi connectivity index (χ4v) is 3.34. The quantitative estimate of drug-likeness (QED) is 0.461. The lowest BCUT2D eigenvalue weighted by Crippen LogP contribution is -2.28. The summed E-state index contributed by atoms with van der Waals surface area (Å²) in [5, 5.41) is 12.7. The third-order valence-electron chi connectivity index (χ3n) is 3.71. The second kappa shape index (κ2) is 9.55. The molecule has 1 amide bonds. The molecule has 0 saturated carbocycles. The molecule has 0 bridgehead atoms. The molecule has 2 aromatic carbocycles. The molecule has 1 heterocycles. The van der Waals surface area contributed by atoms with Crippen molar-refractivity contribution in [3.63, 3.8) is 0 Å². The van der Waals surface area contributed by atoms with Gasteiger partial charge in [0.1, 0.15) is 0 Å². The molecule has 0 aliphatic carbocycles. The third kappa shape index (κ3) is 5.09. The number of nitrogens with zero attached hydrogens (tertiary/aromatic N) is 3. The molecule has 0 atom stereocenters. The molecule has 0 fully saturated rings. The Balaban J connectivity index is 1.86. The maximum Gasteiger partial charge on any atom is 0.230 e. The molecule has 0 aliphatic heterocycles. The summed E-state index contributed by atoms with van der Waals surface area (Å²) in [7, 11) is 1.60. The van der Waals surface area contributed by atoms with Gasteiger partial charge in [0.2, 0.25) is 5.91 Å². The maximum atomic E-state index is 12.0. The van der Waals surface area contributed by atoms with Crippen molar-refractivity contribution >= 4 is 29.3 Å². The highest BCUT2D eigenvalue weighted by Crippen LogP contribution is 2.28. The van der Waals surface area contributed by atoms with Crippen LogP contribution in [0.25, 0.3) is 17.1 Å². The van der Waals surface area contributed by atoms with Crippen molar-refractivity contribution in [3.8, 4) is 17.1 Å². The summed E-state index contributed by atoms with van der Waals surface area (Å²) >= 11 is 7.36. The van der Waals surface area contributed by atoms with Crippen molar-refractivity contribution in [1.82, 2.24) is 20.1 Å². The Bertz CT molecular complexity index is 884. The summed E-state index contributed by atoms with van der Waals surface area (Å²) in [6, 6.07) is 17.2. The zero-order valence-corrected chi connectivity index (χ0v) is 16.3. The summed E-state index contributed by atoms with van der Waals surface area (Å²) in [6.07, 6.45) is 0. The molecule has 0 aliphatic rings. The SMILES string of the molecule is COCCNC(=O)CSc1nnc(-c2ccccc2)n1-c1ccc(Cl)cc1. The van der Waals surface area contributed by atoms with Crippen LogP contribution in [-0.4, -0.2) is 46.7 Å². The Morgan fingerprint density at radius 3 is 2.59 bits per heavy atom. The summed E-state index contributed by atoms with van der Waals surface area (Å²) < 4.78 is 6.86. The van der Waals surface area contributed by atoms with Crippen LogP contribution in [0.3, 0.4) is 0 Å². The molecule has 0 saturated heterocycles. The van der Waals surface area contributed by atoms with Crippen LogP contribution in [0.15, 0.2) is 59.8 Å². The number of hydrogen-bond acceptors (Lipinski definition) is 5. The van der Waals surface area contributed by atoms with Gasteiger partial charge in [0.15, 0.2) is 11.0 Å². The second-order valence-corrected chi connectivity index (χ2v) is 6.99. The molecular weight excluding hydrogens is 384 g/mol. The molecule has 0 radical (unpaired) electrons. The molecule has 27 heavy (non-hydrogen) atoms. The van der Waals surface area contributed by atoms with Gasteiger partial charge in [-0.05, 0) is 24.3 Å². The van der Waals surface area contributed by atoms with Crippen molar-refractivity contribution in [1.29, 1.82) is 0 Å². The van der Waals surface area contributed by atoms with E-state index in [-0.39, 0.29) is 11.7 Å². The van der Waals surface area contributed by atoms with E-state index in [4.69, 9.17) is 16.3 Å². The monoisotopic (exact) mass is 402 g/mol. The Morgan fingerprint density at radius 2 is 1.89 bits per heavy atom. The Kier molecular flexibility index (Phi) is 6.86. The molecule has 1 aromatic heterocycles. The highest BCUT2D eigenvalue weighted by molar-refractivity contribution is 7.99. The molecule has 1 N–H and O–H groups in total. The van der Waals surface area contributed by atoms with Crippen LogP contribution in [-0.2, 0) is 9.53 Å². The minimum atomic E-state index is -0.0797. The van der Waals surface area contributed by atoms with Crippen molar-refractivity contribution in [2.24, 2.45) is 0 Å². The molecule has 3 rings (SSSR count). The number of aromatic nitrogens is 3. The van der Waals surface area contributed by atoms with Crippen LogP contribution in [0.4, 0.5) is 0 Å². The van der Waals surface area contributed by atoms with Crippen molar-refractivity contribution in [2.75, 3.05) is 26.0 Å². The first-order chi connectivity index (χ1) is 13.2. The molecule has 6 nitrogen and oxygen atoms in total. The average Bonchev–Trinajstić information content (AvgIpc) is 3.12. The summed E-state index contributed by atoms with van der Waals surface area (Å²) in [4.78, 5) is 12.0. The van der Waals surface area contributed by atoms with Gasteiger partial charge in [0.25, 0.3) is 0 Å². The first-order valence-electron chi connectivity index (χ1n) is 8.34. The highest BCUT2D eigenvalue weighted by atomic mass is 35.5. The normalized spacial score (nSPS) is 10.7. The van der Waals surface area contributed by atoms with Gasteiger partial charge < -0.3 is 10.1 Å². The van der Waals surface area contributed by atoms with Crippen molar-refractivity contribution in [3.05, 3.63) is 59.6 Å². The predicted molar refractivity (Wildman–Crippen MR) is 107 cm³/mol. The smallest absolute Gasteiger partial charge is 0.230 e. The maximum absolute atomic E-state index is 12.0. The lowest BCUT2D eigenvalue weighted by Gasteiger charge is -2.10. The van der Waals surface area contributed by atoms with Gasteiger partial charge in [-0.3, -0.25) is 9.36 Å². The lowest BCUT2D eigenvalue weighted by molar-refractivity contribution is -0.118. The first kappa shape index (κ1) is 19.4. The average molecular weight is 403 g/mol. The van der Waals surface area contributed by atoms with E-state index < -0.39 is 0 Å². The number of thioether (sulfide) groups is 1. The number of ether oxygens (including phenoxy) is 1. The van der Waals surface area contributed by atoms with Gasteiger partial charge in [-0.1, -0.05) is 53.7 Å². The number of amides is 1. The molecule has 0 spiro atoms. The van der Waals surface area contributed by atoms with E-state index in [1.807, 2.05) is 59.2 Å². The van der Waals surface area contributed by atoms with Crippen LogP contribution in [0.2, 0.25) is 5.02 Å². The van der Waals surface area contributed by atoms with E-state index in [0.717, 1.165) is 11.3 Å². The van der Waals surface area contributed by atoms with Crippen LogP contribution in [0, 0.1) is 0 Å². The van der Waals surface area contributed by atoms with E-state index >= 15 is 0 Å². The van der Waals surface area contributed by atoms with E-state index in [1.54, 1.807) is 7.11 Å². The van der Waals surface area contributed by atoms with Crippen LogP contribution >= 0.6 is 23.4 Å². The van der Waals surface area contributed by atoms with E-state index in [9.17, 15) is 4.79 Å². The minimum Gasteiger partial charge on any atom is -0.383 e. The second-order valence-electron chi connectivity index (χ2n) is 5.62. The van der Waals surface area contributed by atoms with Gasteiger partial charge in [-0.25, -0.2) is 0 Å². The Labute approximate surface area is 166 Å². The highest BCUT2D eigenvalue weighted by Gasteiger charge is 2.17. The van der Waals surface area contributed by atoms with Crippen LogP contribution < -0.4 is 5.32 Å². The lowest BCUT2D eigenvalue weighted by atomic mass is 10.2. The van der Waals surface area contributed by atoms with Gasteiger partial charge in [-0.2, -0.15) is 0 Å². The van der Waals surface area contributed by atoms with Gasteiger partial charge in [0, 0.05) is 29.9 Å². The third-order valence-corrected chi connectivity index (χ3v) is 4.89. The topological polar surface area (TPSA) is 69.0 Å². The molecular formula is C19H19ClN4O2S. The number of carbonyl (C=O) groups is 1. The molecule has 3 aromatic rings. The van der Waals surface area contributed by atoms with E-state index in [2.05, 4.69) is 15.5 Å². The molecule has 140 valence electrons. The van der Waals surface area contributed by atoms with Gasteiger partial charge >= 0.3 is 0 Å². The van der Waals surface area contributed by atoms with E-state index in [0.29, 0.717) is 29.2 Å². The summed E-state index contributed by atoms with van der Waals surface area (Å²) in [5.41, 5.74) is 1.82. The summed E-state index contributed by atoms with van der Waals surface area (Å²) in [5.74, 6) is 0.869. The number of rotatable bonds is 8. The predicted octanol–water partition coefficient (Wildman–Crippen LogP) is 3.44.